The standard InChI is InChI=1S/C17H24O2/c1-6-9-19-15-7-8-16(13(4)10-15)17(11-18)14(5)12(2)3/h7-8,10-12H,6,9H2,1-5H3/b17-14+. The van der Waals surface area contributed by atoms with E-state index >= 15 is 0 Å². The number of allylic oxidation sites excluding steroid dienone is 2. The fraction of sp³-hybridized carbons (Fsp3) is 0.471. The maximum atomic E-state index is 11.4. The van der Waals surface area contributed by atoms with Gasteiger partial charge in [-0.1, -0.05) is 32.4 Å². The first-order valence-electron chi connectivity index (χ1n) is 6.91. The number of carbonyl (C=O) groups is 1. The summed E-state index contributed by atoms with van der Waals surface area (Å²) in [6, 6.07) is 5.92. The molecule has 0 spiro atoms. The van der Waals surface area contributed by atoms with Crippen molar-refractivity contribution in [2.45, 2.75) is 41.0 Å². The Bertz CT molecular complexity index is 470. The van der Waals surface area contributed by atoms with Crippen molar-refractivity contribution < 1.29 is 9.53 Å². The molecule has 0 saturated carbocycles. The van der Waals surface area contributed by atoms with Gasteiger partial charge in [-0.05, 0) is 49.4 Å². The third-order valence-electron chi connectivity index (χ3n) is 3.37. The predicted molar refractivity (Wildman–Crippen MR) is 80.5 cm³/mol. The fourth-order valence-corrected chi connectivity index (χ4v) is 1.93. The number of hydrogen-bond donors (Lipinski definition) is 0. The van der Waals surface area contributed by atoms with Crippen LogP contribution < -0.4 is 4.74 Å². The number of benzene rings is 1. The van der Waals surface area contributed by atoms with Crippen molar-refractivity contribution in [3.8, 4) is 5.75 Å². The van der Waals surface area contributed by atoms with Crippen LogP contribution in [0.15, 0.2) is 23.8 Å². The number of carbonyl (C=O) groups excluding carboxylic acids is 1. The Hall–Kier alpha value is -1.57. The summed E-state index contributed by atoms with van der Waals surface area (Å²) in [4.78, 5) is 11.4. The summed E-state index contributed by atoms with van der Waals surface area (Å²) in [5, 5.41) is 0. The maximum absolute atomic E-state index is 11.4. The van der Waals surface area contributed by atoms with Crippen LogP contribution in [0.2, 0.25) is 0 Å². The summed E-state index contributed by atoms with van der Waals surface area (Å²) in [5.41, 5.74) is 4.01. The van der Waals surface area contributed by atoms with E-state index in [4.69, 9.17) is 4.74 Å². The molecule has 104 valence electrons. The monoisotopic (exact) mass is 260 g/mol. The molecule has 0 aliphatic carbocycles. The highest BCUT2D eigenvalue weighted by atomic mass is 16.5. The molecule has 0 N–H and O–H groups in total. The Balaban J connectivity index is 3.14. The first-order valence-corrected chi connectivity index (χ1v) is 6.91. The summed E-state index contributed by atoms with van der Waals surface area (Å²) in [6.07, 6.45) is 1.96. The molecular formula is C17H24O2. The van der Waals surface area contributed by atoms with Crippen LogP contribution in [0.3, 0.4) is 0 Å². The Morgan fingerprint density at radius 1 is 1.37 bits per heavy atom. The van der Waals surface area contributed by atoms with E-state index in [0.29, 0.717) is 5.92 Å². The average Bonchev–Trinajstić information content (AvgIpc) is 2.39. The molecule has 0 aliphatic heterocycles. The molecule has 0 radical (unpaired) electrons. The Kier molecular flexibility index (Phi) is 5.81. The van der Waals surface area contributed by atoms with Gasteiger partial charge in [0, 0.05) is 5.57 Å². The van der Waals surface area contributed by atoms with E-state index in [-0.39, 0.29) is 0 Å². The van der Waals surface area contributed by atoms with Crippen LogP contribution in [-0.4, -0.2) is 12.9 Å². The van der Waals surface area contributed by atoms with Crippen LogP contribution in [0.25, 0.3) is 5.57 Å². The molecule has 0 saturated heterocycles. The first-order chi connectivity index (χ1) is 9.01. The van der Waals surface area contributed by atoms with E-state index in [0.717, 1.165) is 47.3 Å². The summed E-state index contributed by atoms with van der Waals surface area (Å²) in [6.45, 7) is 11.1. The fourth-order valence-electron chi connectivity index (χ4n) is 1.93. The van der Waals surface area contributed by atoms with E-state index in [1.807, 2.05) is 32.0 Å². The topological polar surface area (TPSA) is 26.3 Å². The molecular weight excluding hydrogens is 236 g/mol. The minimum Gasteiger partial charge on any atom is -0.494 e. The van der Waals surface area contributed by atoms with E-state index < -0.39 is 0 Å². The predicted octanol–water partition coefficient (Wildman–Crippen LogP) is 4.41. The van der Waals surface area contributed by atoms with Gasteiger partial charge in [0.25, 0.3) is 0 Å². The van der Waals surface area contributed by atoms with Gasteiger partial charge in [-0.2, -0.15) is 0 Å². The van der Waals surface area contributed by atoms with Gasteiger partial charge < -0.3 is 4.74 Å². The van der Waals surface area contributed by atoms with E-state index in [2.05, 4.69) is 20.8 Å². The molecule has 2 nitrogen and oxygen atoms in total. The minimum atomic E-state index is 0.371. The summed E-state index contributed by atoms with van der Waals surface area (Å²) in [5.74, 6) is 1.24. The van der Waals surface area contributed by atoms with E-state index in [1.165, 1.54) is 0 Å². The number of ether oxygens (including phenoxy) is 1. The lowest BCUT2D eigenvalue weighted by atomic mass is 9.92. The molecule has 1 aromatic carbocycles. The highest BCUT2D eigenvalue weighted by Crippen LogP contribution is 2.27. The molecule has 1 aromatic rings. The molecule has 0 bridgehead atoms. The van der Waals surface area contributed by atoms with Crippen molar-refractivity contribution in [1.29, 1.82) is 0 Å². The molecule has 0 aliphatic rings. The highest BCUT2D eigenvalue weighted by Gasteiger charge is 2.11. The number of aryl methyl sites for hydroxylation is 1. The average molecular weight is 260 g/mol. The lowest BCUT2D eigenvalue weighted by Gasteiger charge is -2.14. The van der Waals surface area contributed by atoms with Crippen LogP contribution in [0.4, 0.5) is 0 Å². The van der Waals surface area contributed by atoms with Gasteiger partial charge in [0.1, 0.15) is 5.75 Å². The third-order valence-corrected chi connectivity index (χ3v) is 3.37. The van der Waals surface area contributed by atoms with Gasteiger partial charge in [-0.3, -0.25) is 4.79 Å². The number of hydrogen-bond acceptors (Lipinski definition) is 2. The van der Waals surface area contributed by atoms with Crippen molar-refractivity contribution in [3.63, 3.8) is 0 Å². The Morgan fingerprint density at radius 2 is 2.05 bits per heavy atom. The van der Waals surface area contributed by atoms with Crippen LogP contribution in [0, 0.1) is 12.8 Å². The molecule has 0 amide bonds. The molecule has 1 rings (SSSR count). The number of aldehydes is 1. The number of rotatable bonds is 6. The van der Waals surface area contributed by atoms with E-state index in [1.54, 1.807) is 0 Å². The van der Waals surface area contributed by atoms with Gasteiger partial charge in [-0.25, -0.2) is 0 Å². The zero-order valence-corrected chi connectivity index (χ0v) is 12.6. The summed E-state index contributed by atoms with van der Waals surface area (Å²) >= 11 is 0. The zero-order valence-electron chi connectivity index (χ0n) is 12.6. The Morgan fingerprint density at radius 3 is 2.53 bits per heavy atom. The molecule has 0 fully saturated rings. The summed E-state index contributed by atoms with van der Waals surface area (Å²) in [7, 11) is 0. The van der Waals surface area contributed by atoms with Gasteiger partial charge in [0.15, 0.2) is 6.29 Å². The van der Waals surface area contributed by atoms with Crippen LogP contribution >= 0.6 is 0 Å². The smallest absolute Gasteiger partial charge is 0.150 e. The first kappa shape index (κ1) is 15.5. The largest absolute Gasteiger partial charge is 0.494 e. The normalized spacial score (nSPS) is 12.3. The van der Waals surface area contributed by atoms with Gasteiger partial charge >= 0.3 is 0 Å². The molecule has 0 unspecified atom stereocenters. The molecule has 2 heteroatoms. The third kappa shape index (κ3) is 3.95. The maximum Gasteiger partial charge on any atom is 0.150 e. The van der Waals surface area contributed by atoms with Crippen molar-refractivity contribution in [3.05, 3.63) is 34.9 Å². The zero-order chi connectivity index (χ0) is 14.4. The lowest BCUT2D eigenvalue weighted by molar-refractivity contribution is -0.103. The van der Waals surface area contributed by atoms with Crippen molar-refractivity contribution >= 4 is 11.9 Å². The van der Waals surface area contributed by atoms with Gasteiger partial charge in [-0.15, -0.1) is 0 Å². The second-order valence-corrected chi connectivity index (χ2v) is 5.19. The van der Waals surface area contributed by atoms with E-state index in [9.17, 15) is 4.79 Å². The second kappa shape index (κ2) is 7.13. The lowest BCUT2D eigenvalue weighted by Crippen LogP contribution is -2.00. The van der Waals surface area contributed by atoms with Crippen molar-refractivity contribution in [2.75, 3.05) is 6.61 Å². The second-order valence-electron chi connectivity index (χ2n) is 5.19. The SMILES string of the molecule is CCCOc1ccc(/C(C=O)=C(\C)C(C)C)c(C)c1. The van der Waals surface area contributed by atoms with Crippen molar-refractivity contribution in [2.24, 2.45) is 5.92 Å². The quantitative estimate of drug-likeness (QED) is 0.559. The Labute approximate surface area is 116 Å². The molecule has 0 heterocycles. The van der Waals surface area contributed by atoms with Crippen LogP contribution in [-0.2, 0) is 4.79 Å². The highest BCUT2D eigenvalue weighted by molar-refractivity contribution is 6.08. The van der Waals surface area contributed by atoms with Crippen molar-refractivity contribution in [1.82, 2.24) is 0 Å². The molecule has 0 aromatic heterocycles. The van der Waals surface area contributed by atoms with Gasteiger partial charge in [0.05, 0.1) is 6.61 Å². The molecule has 0 atom stereocenters. The minimum absolute atomic E-state index is 0.371. The van der Waals surface area contributed by atoms with Crippen LogP contribution in [0.1, 0.15) is 45.2 Å². The molecule has 19 heavy (non-hydrogen) atoms. The summed E-state index contributed by atoms with van der Waals surface area (Å²) < 4.78 is 5.61. The van der Waals surface area contributed by atoms with Crippen LogP contribution in [0.5, 0.6) is 5.75 Å². The van der Waals surface area contributed by atoms with Gasteiger partial charge in [0.2, 0.25) is 0 Å².